The van der Waals surface area contributed by atoms with E-state index in [4.69, 9.17) is 4.74 Å². The SMILES string of the molecule is CCc1cccc(CC)c1NC(=O)NCC1(O)CCOCC1. The van der Waals surface area contributed by atoms with E-state index in [0.29, 0.717) is 26.1 Å². The third kappa shape index (κ3) is 4.21. The molecule has 0 aliphatic carbocycles. The van der Waals surface area contributed by atoms with Crippen LogP contribution in [0, 0.1) is 0 Å². The van der Waals surface area contributed by atoms with Crippen LogP contribution in [0.4, 0.5) is 10.5 Å². The number of carbonyl (C=O) groups excluding carboxylic acids is 1. The average Bonchev–Trinajstić information content (AvgIpc) is 2.54. The Balaban J connectivity index is 1.97. The van der Waals surface area contributed by atoms with Crippen LogP contribution in [0.25, 0.3) is 0 Å². The molecule has 3 N–H and O–H groups in total. The van der Waals surface area contributed by atoms with E-state index >= 15 is 0 Å². The Morgan fingerprint density at radius 3 is 2.36 bits per heavy atom. The number of nitrogens with one attached hydrogen (secondary N) is 2. The highest BCUT2D eigenvalue weighted by molar-refractivity contribution is 5.91. The average molecular weight is 306 g/mol. The molecule has 0 radical (unpaired) electrons. The predicted molar refractivity (Wildman–Crippen MR) is 87.2 cm³/mol. The van der Waals surface area contributed by atoms with Crippen molar-refractivity contribution in [2.75, 3.05) is 25.1 Å². The molecule has 0 atom stereocenters. The molecule has 1 aliphatic heterocycles. The zero-order valence-electron chi connectivity index (χ0n) is 13.4. The summed E-state index contributed by atoms with van der Waals surface area (Å²) in [5.41, 5.74) is 2.29. The van der Waals surface area contributed by atoms with Crippen molar-refractivity contribution in [2.24, 2.45) is 0 Å². The van der Waals surface area contributed by atoms with Crippen molar-refractivity contribution in [1.82, 2.24) is 5.32 Å². The topological polar surface area (TPSA) is 70.6 Å². The maximum absolute atomic E-state index is 12.2. The second-order valence-electron chi connectivity index (χ2n) is 5.80. The molecule has 0 saturated carbocycles. The lowest BCUT2D eigenvalue weighted by Gasteiger charge is -2.32. The Morgan fingerprint density at radius 2 is 1.82 bits per heavy atom. The summed E-state index contributed by atoms with van der Waals surface area (Å²) in [6, 6.07) is 5.81. The van der Waals surface area contributed by atoms with Crippen molar-refractivity contribution in [3.05, 3.63) is 29.3 Å². The van der Waals surface area contributed by atoms with Crippen LogP contribution < -0.4 is 10.6 Å². The lowest BCUT2D eigenvalue weighted by Crippen LogP contribution is -2.47. The number of urea groups is 1. The monoisotopic (exact) mass is 306 g/mol. The van der Waals surface area contributed by atoms with E-state index in [1.807, 2.05) is 18.2 Å². The van der Waals surface area contributed by atoms with Crippen LogP contribution in [-0.4, -0.2) is 36.5 Å². The summed E-state index contributed by atoms with van der Waals surface area (Å²) in [5, 5.41) is 16.1. The van der Waals surface area contributed by atoms with Crippen LogP contribution in [-0.2, 0) is 17.6 Å². The third-order valence-electron chi connectivity index (χ3n) is 4.24. The summed E-state index contributed by atoms with van der Waals surface area (Å²) in [5.74, 6) is 0. The molecule has 1 aromatic carbocycles. The molecule has 5 nitrogen and oxygen atoms in total. The quantitative estimate of drug-likeness (QED) is 0.782. The van der Waals surface area contributed by atoms with Gasteiger partial charge >= 0.3 is 6.03 Å². The van der Waals surface area contributed by atoms with Crippen LogP contribution >= 0.6 is 0 Å². The first-order valence-electron chi connectivity index (χ1n) is 8.03. The molecule has 2 amide bonds. The zero-order valence-corrected chi connectivity index (χ0v) is 13.4. The summed E-state index contributed by atoms with van der Waals surface area (Å²) in [4.78, 5) is 12.2. The van der Waals surface area contributed by atoms with Crippen LogP contribution in [0.5, 0.6) is 0 Å². The third-order valence-corrected chi connectivity index (χ3v) is 4.24. The maximum atomic E-state index is 12.2. The lowest BCUT2D eigenvalue weighted by molar-refractivity contribution is -0.0598. The Morgan fingerprint density at radius 1 is 1.23 bits per heavy atom. The van der Waals surface area contributed by atoms with Gasteiger partial charge in [-0.1, -0.05) is 32.0 Å². The number of aryl methyl sites for hydroxylation is 2. The largest absolute Gasteiger partial charge is 0.388 e. The number of amides is 2. The number of benzene rings is 1. The minimum Gasteiger partial charge on any atom is -0.388 e. The molecule has 22 heavy (non-hydrogen) atoms. The molecule has 5 heteroatoms. The molecule has 0 unspecified atom stereocenters. The number of anilines is 1. The molecule has 1 fully saturated rings. The van der Waals surface area contributed by atoms with Crippen LogP contribution in [0.1, 0.15) is 37.8 Å². The lowest BCUT2D eigenvalue weighted by atomic mass is 9.94. The summed E-state index contributed by atoms with van der Waals surface area (Å²) >= 11 is 0. The van der Waals surface area contributed by atoms with E-state index in [9.17, 15) is 9.90 Å². The second-order valence-corrected chi connectivity index (χ2v) is 5.80. The summed E-state index contributed by atoms with van der Waals surface area (Å²) in [6.07, 6.45) is 2.84. The molecule has 1 saturated heterocycles. The van der Waals surface area contributed by atoms with Gasteiger partial charge in [-0.15, -0.1) is 0 Å². The Labute approximate surface area is 132 Å². The van der Waals surface area contributed by atoms with Gasteiger partial charge in [0, 0.05) is 38.3 Å². The minimum absolute atomic E-state index is 0.248. The van der Waals surface area contributed by atoms with Gasteiger partial charge in [-0.2, -0.15) is 0 Å². The summed E-state index contributed by atoms with van der Waals surface area (Å²) in [6.45, 7) is 5.47. The van der Waals surface area contributed by atoms with Gasteiger partial charge in [0.1, 0.15) is 0 Å². The number of hydrogen-bond acceptors (Lipinski definition) is 3. The summed E-state index contributed by atoms with van der Waals surface area (Å²) < 4.78 is 5.24. The minimum atomic E-state index is -0.854. The van der Waals surface area contributed by atoms with Crippen molar-refractivity contribution in [3.8, 4) is 0 Å². The number of aliphatic hydroxyl groups is 1. The molecule has 1 aliphatic rings. The molecule has 1 heterocycles. The maximum Gasteiger partial charge on any atom is 0.319 e. The fourth-order valence-electron chi connectivity index (χ4n) is 2.73. The van der Waals surface area contributed by atoms with Gasteiger partial charge in [-0.25, -0.2) is 4.79 Å². The Hall–Kier alpha value is -1.59. The van der Waals surface area contributed by atoms with Gasteiger partial charge in [-0.3, -0.25) is 0 Å². The molecular formula is C17H26N2O3. The number of para-hydroxylation sites is 1. The van der Waals surface area contributed by atoms with Crippen LogP contribution in [0.2, 0.25) is 0 Å². The van der Waals surface area contributed by atoms with E-state index in [1.54, 1.807) is 0 Å². The Kier molecular flexibility index (Phi) is 5.80. The molecule has 0 bridgehead atoms. The first-order chi connectivity index (χ1) is 10.6. The first kappa shape index (κ1) is 16.8. The zero-order chi connectivity index (χ0) is 16.0. The van der Waals surface area contributed by atoms with Gasteiger partial charge in [0.05, 0.1) is 5.60 Å². The molecule has 2 rings (SSSR count). The van der Waals surface area contributed by atoms with Gasteiger partial charge < -0.3 is 20.5 Å². The normalized spacial score (nSPS) is 17.0. The van der Waals surface area contributed by atoms with E-state index in [0.717, 1.165) is 29.7 Å². The number of carbonyl (C=O) groups is 1. The van der Waals surface area contributed by atoms with Crippen molar-refractivity contribution in [2.45, 2.75) is 45.1 Å². The van der Waals surface area contributed by atoms with Crippen molar-refractivity contribution >= 4 is 11.7 Å². The number of rotatable bonds is 5. The molecule has 122 valence electrons. The van der Waals surface area contributed by atoms with Gasteiger partial charge in [0.25, 0.3) is 0 Å². The number of hydrogen-bond donors (Lipinski definition) is 3. The highest BCUT2D eigenvalue weighted by atomic mass is 16.5. The second kappa shape index (κ2) is 7.61. The highest BCUT2D eigenvalue weighted by Gasteiger charge is 2.30. The highest BCUT2D eigenvalue weighted by Crippen LogP contribution is 2.23. The van der Waals surface area contributed by atoms with Gasteiger partial charge in [0.15, 0.2) is 0 Å². The van der Waals surface area contributed by atoms with E-state index < -0.39 is 5.60 Å². The molecule has 0 aromatic heterocycles. The smallest absolute Gasteiger partial charge is 0.319 e. The van der Waals surface area contributed by atoms with Crippen LogP contribution in [0.15, 0.2) is 18.2 Å². The van der Waals surface area contributed by atoms with E-state index in [2.05, 4.69) is 24.5 Å². The summed E-state index contributed by atoms with van der Waals surface area (Å²) in [7, 11) is 0. The number of ether oxygens (including phenoxy) is 1. The van der Waals surface area contributed by atoms with Crippen LogP contribution in [0.3, 0.4) is 0 Å². The molecule has 1 aromatic rings. The van der Waals surface area contributed by atoms with Gasteiger partial charge in [0.2, 0.25) is 0 Å². The van der Waals surface area contributed by atoms with Gasteiger partial charge in [-0.05, 0) is 24.0 Å². The fraction of sp³-hybridized carbons (Fsp3) is 0.588. The standard InChI is InChI=1S/C17H26N2O3/c1-3-13-6-5-7-14(4-2)15(13)19-16(20)18-12-17(21)8-10-22-11-9-17/h5-7,21H,3-4,8-12H2,1-2H3,(H2,18,19,20). The fourth-order valence-corrected chi connectivity index (χ4v) is 2.73. The van der Waals surface area contributed by atoms with Crippen molar-refractivity contribution in [1.29, 1.82) is 0 Å². The van der Waals surface area contributed by atoms with Crippen molar-refractivity contribution in [3.63, 3.8) is 0 Å². The first-order valence-corrected chi connectivity index (χ1v) is 8.03. The van der Waals surface area contributed by atoms with E-state index in [-0.39, 0.29) is 12.6 Å². The predicted octanol–water partition coefficient (Wildman–Crippen LogP) is 2.47. The van der Waals surface area contributed by atoms with Crippen molar-refractivity contribution < 1.29 is 14.6 Å². The van der Waals surface area contributed by atoms with E-state index in [1.165, 1.54) is 0 Å². The Bertz CT molecular complexity index is 488. The molecule has 0 spiro atoms. The molecular weight excluding hydrogens is 280 g/mol.